The van der Waals surface area contributed by atoms with E-state index in [9.17, 15) is 4.79 Å². The largest absolute Gasteiger partial charge is 0.444 e. The van der Waals surface area contributed by atoms with E-state index in [1.807, 2.05) is 58.0 Å². The molecule has 2 rings (SSSR count). The van der Waals surface area contributed by atoms with E-state index in [0.29, 0.717) is 19.0 Å². The van der Waals surface area contributed by atoms with Gasteiger partial charge in [-0.1, -0.05) is 30.3 Å². The quantitative estimate of drug-likeness (QED) is 0.493. The summed E-state index contributed by atoms with van der Waals surface area (Å²) in [5.41, 5.74) is 1.48. The number of ether oxygens (including phenoxy) is 1. The van der Waals surface area contributed by atoms with Crippen LogP contribution in [-0.4, -0.2) is 36.2 Å². The molecule has 3 N–H and O–H groups in total. The number of carbonyl (C=O) groups excluding carboxylic acids is 1. The van der Waals surface area contributed by atoms with Crippen LogP contribution in [-0.2, 0) is 11.3 Å². The van der Waals surface area contributed by atoms with E-state index in [4.69, 9.17) is 4.74 Å². The lowest BCUT2D eigenvalue weighted by molar-refractivity contribution is 0.0504. The van der Waals surface area contributed by atoms with Gasteiger partial charge in [0.1, 0.15) is 10.6 Å². The standard InChI is InChI=1S/C21H31N5O2S/c1-14-15(2)29-18(25-14)13-24-19(22-6)23-12-17(16-10-8-7-9-11-16)26-20(27)28-21(3,4)5/h7-11,17H,12-13H2,1-6H3,(H,26,27)(H2,22,23,24). The highest BCUT2D eigenvalue weighted by molar-refractivity contribution is 7.11. The number of rotatable bonds is 6. The van der Waals surface area contributed by atoms with Crippen molar-refractivity contribution in [3.8, 4) is 0 Å². The molecule has 0 aliphatic carbocycles. The Bertz CT molecular complexity index is 808. The fraction of sp³-hybridized carbons (Fsp3) is 0.476. The first-order chi connectivity index (χ1) is 13.7. The van der Waals surface area contributed by atoms with Crippen molar-refractivity contribution < 1.29 is 9.53 Å². The smallest absolute Gasteiger partial charge is 0.408 e. The number of hydrogen-bond donors (Lipinski definition) is 3. The lowest BCUT2D eigenvalue weighted by Crippen LogP contribution is -2.44. The minimum Gasteiger partial charge on any atom is -0.444 e. The summed E-state index contributed by atoms with van der Waals surface area (Å²) in [6, 6.07) is 9.51. The highest BCUT2D eigenvalue weighted by Gasteiger charge is 2.20. The van der Waals surface area contributed by atoms with Gasteiger partial charge < -0.3 is 20.7 Å². The highest BCUT2D eigenvalue weighted by Crippen LogP contribution is 2.16. The molecule has 29 heavy (non-hydrogen) atoms. The van der Waals surface area contributed by atoms with E-state index in [1.54, 1.807) is 18.4 Å². The lowest BCUT2D eigenvalue weighted by atomic mass is 10.1. The molecule has 7 nitrogen and oxygen atoms in total. The monoisotopic (exact) mass is 417 g/mol. The summed E-state index contributed by atoms with van der Waals surface area (Å²) < 4.78 is 5.41. The van der Waals surface area contributed by atoms with Crippen LogP contribution in [0.15, 0.2) is 35.3 Å². The van der Waals surface area contributed by atoms with Crippen molar-refractivity contribution in [3.63, 3.8) is 0 Å². The average Bonchev–Trinajstić information content (AvgIpc) is 2.97. The normalized spacial score (nSPS) is 13.0. The van der Waals surface area contributed by atoms with Crippen LogP contribution in [0.2, 0.25) is 0 Å². The number of carbonyl (C=O) groups is 1. The Morgan fingerprint density at radius 1 is 1.21 bits per heavy atom. The molecule has 0 saturated heterocycles. The van der Waals surface area contributed by atoms with Crippen LogP contribution in [0.3, 0.4) is 0 Å². The molecule has 1 atom stereocenters. The second-order valence-electron chi connectivity index (χ2n) is 7.67. The number of aromatic nitrogens is 1. The van der Waals surface area contributed by atoms with Gasteiger partial charge in [0, 0.05) is 18.5 Å². The van der Waals surface area contributed by atoms with Gasteiger partial charge in [-0.15, -0.1) is 11.3 Å². The van der Waals surface area contributed by atoms with E-state index in [0.717, 1.165) is 16.3 Å². The van der Waals surface area contributed by atoms with Gasteiger partial charge in [0.2, 0.25) is 0 Å². The molecule has 2 aromatic rings. The molecule has 0 aliphatic rings. The molecule has 0 bridgehead atoms. The highest BCUT2D eigenvalue weighted by atomic mass is 32.1. The molecule has 1 aromatic heterocycles. The summed E-state index contributed by atoms with van der Waals surface area (Å²) in [4.78, 5) is 22.3. The second-order valence-corrected chi connectivity index (χ2v) is 8.95. The third-order valence-corrected chi connectivity index (χ3v) is 5.14. The molecule has 0 saturated carbocycles. The number of amides is 1. The summed E-state index contributed by atoms with van der Waals surface area (Å²) in [5.74, 6) is 0.641. The molecule has 1 unspecified atom stereocenters. The van der Waals surface area contributed by atoms with Gasteiger partial charge in [-0.3, -0.25) is 4.99 Å². The molecular formula is C21H31N5O2S. The predicted octanol–water partition coefficient (Wildman–Crippen LogP) is 3.69. The Morgan fingerprint density at radius 2 is 1.90 bits per heavy atom. The van der Waals surface area contributed by atoms with E-state index in [1.165, 1.54) is 4.88 Å². The molecule has 0 aliphatic heterocycles. The molecule has 0 radical (unpaired) electrons. The zero-order valence-corrected chi connectivity index (χ0v) is 18.8. The number of hydrogen-bond acceptors (Lipinski definition) is 5. The summed E-state index contributed by atoms with van der Waals surface area (Å²) in [6.45, 7) is 10.7. The van der Waals surface area contributed by atoms with Gasteiger partial charge in [0.15, 0.2) is 5.96 Å². The van der Waals surface area contributed by atoms with Crippen molar-refractivity contribution in [2.75, 3.05) is 13.6 Å². The second kappa shape index (κ2) is 10.2. The van der Waals surface area contributed by atoms with Gasteiger partial charge in [0.25, 0.3) is 0 Å². The average molecular weight is 418 g/mol. The number of nitrogens with one attached hydrogen (secondary N) is 3. The fourth-order valence-corrected chi connectivity index (χ4v) is 3.45. The summed E-state index contributed by atoms with van der Waals surface area (Å²) in [7, 11) is 1.71. The number of benzene rings is 1. The maximum absolute atomic E-state index is 12.3. The van der Waals surface area contributed by atoms with Gasteiger partial charge in [-0.25, -0.2) is 9.78 Å². The SMILES string of the molecule is CN=C(NCc1nc(C)c(C)s1)NCC(NC(=O)OC(C)(C)C)c1ccccc1. The lowest BCUT2D eigenvalue weighted by Gasteiger charge is -2.24. The van der Waals surface area contributed by atoms with Crippen molar-refractivity contribution >= 4 is 23.4 Å². The Morgan fingerprint density at radius 3 is 2.45 bits per heavy atom. The van der Waals surface area contributed by atoms with Gasteiger partial charge in [0.05, 0.1) is 18.3 Å². The van der Waals surface area contributed by atoms with Gasteiger partial charge in [-0.05, 0) is 40.2 Å². The fourth-order valence-electron chi connectivity index (χ4n) is 2.58. The van der Waals surface area contributed by atoms with Gasteiger partial charge >= 0.3 is 6.09 Å². The first-order valence-electron chi connectivity index (χ1n) is 9.60. The summed E-state index contributed by atoms with van der Waals surface area (Å²) >= 11 is 1.67. The first kappa shape index (κ1) is 22.7. The molecule has 8 heteroatoms. The number of aliphatic imine (C=N–C) groups is 1. The van der Waals surface area contributed by atoms with Crippen LogP contribution in [0.1, 0.15) is 48.0 Å². The Labute approximate surface area is 177 Å². The van der Waals surface area contributed by atoms with Crippen molar-refractivity contribution in [2.45, 2.75) is 52.8 Å². The van der Waals surface area contributed by atoms with Crippen LogP contribution < -0.4 is 16.0 Å². The topological polar surface area (TPSA) is 87.6 Å². The number of nitrogens with zero attached hydrogens (tertiary/aromatic N) is 2. The third-order valence-electron chi connectivity index (χ3n) is 4.07. The first-order valence-corrected chi connectivity index (χ1v) is 10.4. The molecule has 1 amide bonds. The van der Waals surface area contributed by atoms with E-state index in [-0.39, 0.29) is 6.04 Å². The predicted molar refractivity (Wildman–Crippen MR) is 118 cm³/mol. The van der Waals surface area contributed by atoms with Crippen molar-refractivity contribution in [1.82, 2.24) is 20.9 Å². The molecular weight excluding hydrogens is 386 g/mol. The zero-order valence-electron chi connectivity index (χ0n) is 18.0. The molecule has 1 heterocycles. The van der Waals surface area contributed by atoms with Gasteiger partial charge in [-0.2, -0.15) is 0 Å². The minimum atomic E-state index is -0.555. The van der Waals surface area contributed by atoms with Crippen LogP contribution in [0, 0.1) is 13.8 Å². The van der Waals surface area contributed by atoms with E-state index in [2.05, 4.69) is 32.9 Å². The number of alkyl carbamates (subject to hydrolysis) is 1. The maximum Gasteiger partial charge on any atom is 0.408 e. The maximum atomic E-state index is 12.3. The number of thiazole rings is 1. The zero-order chi connectivity index (χ0) is 21.4. The van der Waals surface area contributed by atoms with E-state index >= 15 is 0 Å². The van der Waals surface area contributed by atoms with Crippen LogP contribution in [0.4, 0.5) is 4.79 Å². The third kappa shape index (κ3) is 7.73. The van der Waals surface area contributed by atoms with Crippen molar-refractivity contribution in [3.05, 3.63) is 51.5 Å². The van der Waals surface area contributed by atoms with Crippen LogP contribution in [0.25, 0.3) is 0 Å². The Kier molecular flexibility index (Phi) is 8.01. The molecule has 0 spiro atoms. The van der Waals surface area contributed by atoms with Crippen LogP contribution in [0.5, 0.6) is 0 Å². The minimum absolute atomic E-state index is 0.269. The number of guanidine groups is 1. The molecule has 158 valence electrons. The van der Waals surface area contributed by atoms with E-state index < -0.39 is 11.7 Å². The summed E-state index contributed by atoms with van der Waals surface area (Å²) in [6.07, 6.45) is -0.454. The van der Waals surface area contributed by atoms with Crippen molar-refractivity contribution in [2.24, 2.45) is 4.99 Å². The number of aryl methyl sites for hydroxylation is 2. The van der Waals surface area contributed by atoms with Crippen molar-refractivity contribution in [1.29, 1.82) is 0 Å². The molecule has 0 fully saturated rings. The Balaban J connectivity index is 1.98. The summed E-state index contributed by atoms with van der Waals surface area (Å²) in [5, 5.41) is 10.5. The molecule has 1 aromatic carbocycles. The Hall–Kier alpha value is -2.61. The van der Waals surface area contributed by atoms with Crippen LogP contribution >= 0.6 is 11.3 Å².